The largest absolute Gasteiger partial charge is 0.349 e. The van der Waals surface area contributed by atoms with E-state index in [1.54, 1.807) is 4.90 Å². The number of benzene rings is 3. The molecule has 0 aromatic heterocycles. The lowest BCUT2D eigenvalue weighted by Gasteiger charge is -2.32. The predicted octanol–water partition coefficient (Wildman–Crippen LogP) is 4.70. The lowest BCUT2D eigenvalue weighted by Crippen LogP contribution is -2.47. The fourth-order valence-corrected chi connectivity index (χ4v) is 3.93. The van der Waals surface area contributed by atoms with Crippen molar-refractivity contribution in [1.29, 1.82) is 0 Å². The molecule has 0 atom stereocenters. The number of hydrogen-bond donors (Lipinski definition) is 2. The lowest BCUT2D eigenvalue weighted by atomic mass is 9.98. The van der Waals surface area contributed by atoms with Gasteiger partial charge in [-0.2, -0.15) is 0 Å². The normalized spacial score (nSPS) is 14.1. The Kier molecular flexibility index (Phi) is 6.62. The van der Waals surface area contributed by atoms with Crippen molar-refractivity contribution in [2.75, 3.05) is 18.4 Å². The Morgan fingerprint density at radius 3 is 2.13 bits per heavy atom. The van der Waals surface area contributed by atoms with E-state index < -0.39 is 0 Å². The van der Waals surface area contributed by atoms with E-state index >= 15 is 0 Å². The molecule has 3 amide bonds. The molecule has 1 aliphatic rings. The van der Waals surface area contributed by atoms with Crippen LogP contribution in [0.2, 0.25) is 0 Å². The summed E-state index contributed by atoms with van der Waals surface area (Å²) >= 11 is 0. The second-order valence-corrected chi connectivity index (χ2v) is 7.85. The Morgan fingerprint density at radius 1 is 0.806 bits per heavy atom. The van der Waals surface area contributed by atoms with Crippen molar-refractivity contribution in [3.05, 3.63) is 102 Å². The molecule has 1 aliphatic heterocycles. The van der Waals surface area contributed by atoms with Gasteiger partial charge in [-0.3, -0.25) is 4.79 Å². The number of nitrogens with one attached hydrogen (secondary N) is 2. The Labute approximate surface area is 183 Å². The average Bonchev–Trinajstić information content (AvgIpc) is 2.81. The molecule has 0 saturated carbocycles. The van der Waals surface area contributed by atoms with Crippen LogP contribution < -0.4 is 10.6 Å². The van der Waals surface area contributed by atoms with Crippen LogP contribution in [0.4, 0.5) is 10.5 Å². The van der Waals surface area contributed by atoms with Gasteiger partial charge in [0.1, 0.15) is 0 Å². The third-order valence-corrected chi connectivity index (χ3v) is 5.64. The topological polar surface area (TPSA) is 61.4 Å². The Bertz CT molecular complexity index is 1010. The quantitative estimate of drug-likeness (QED) is 0.637. The van der Waals surface area contributed by atoms with Crippen molar-refractivity contribution in [2.45, 2.75) is 25.3 Å². The molecule has 0 aliphatic carbocycles. The van der Waals surface area contributed by atoms with Crippen LogP contribution in [0.5, 0.6) is 0 Å². The molecule has 4 rings (SSSR count). The second kappa shape index (κ2) is 9.94. The molecule has 0 unspecified atom stereocenters. The fourth-order valence-electron chi connectivity index (χ4n) is 3.93. The zero-order valence-electron chi connectivity index (χ0n) is 17.5. The highest BCUT2D eigenvalue weighted by molar-refractivity contribution is 5.96. The first-order chi connectivity index (χ1) is 15.2. The van der Waals surface area contributed by atoms with Crippen LogP contribution in [0, 0.1) is 0 Å². The number of nitrogens with zero attached hydrogens (tertiary/aromatic N) is 1. The van der Waals surface area contributed by atoms with Crippen molar-refractivity contribution in [2.24, 2.45) is 0 Å². The molecule has 0 spiro atoms. The van der Waals surface area contributed by atoms with E-state index in [1.165, 1.54) is 5.56 Å². The number of piperidine rings is 1. The van der Waals surface area contributed by atoms with Gasteiger partial charge in [-0.25, -0.2) is 4.79 Å². The summed E-state index contributed by atoms with van der Waals surface area (Å²) in [7, 11) is 0. The first kappa shape index (κ1) is 20.7. The maximum Gasteiger partial charge on any atom is 0.321 e. The third-order valence-electron chi connectivity index (χ3n) is 5.64. The van der Waals surface area contributed by atoms with Gasteiger partial charge in [-0.1, -0.05) is 66.7 Å². The molecular formula is C26H27N3O2. The van der Waals surface area contributed by atoms with Crippen LogP contribution in [0.1, 0.15) is 34.3 Å². The Morgan fingerprint density at radius 2 is 1.42 bits per heavy atom. The van der Waals surface area contributed by atoms with E-state index in [2.05, 4.69) is 22.8 Å². The lowest BCUT2D eigenvalue weighted by molar-refractivity contribution is 0.0918. The number of urea groups is 1. The molecule has 2 N–H and O–H groups in total. The number of hydrogen-bond acceptors (Lipinski definition) is 2. The number of anilines is 1. The SMILES string of the molecule is O=C(NC1CCN(C(=O)Nc2ccccc2)CC1)c1ccccc1Cc1ccccc1. The summed E-state index contributed by atoms with van der Waals surface area (Å²) in [5.74, 6) is -0.0429. The summed E-state index contributed by atoms with van der Waals surface area (Å²) < 4.78 is 0. The number of rotatable bonds is 5. The molecule has 0 bridgehead atoms. The Hall–Kier alpha value is -3.60. The van der Waals surface area contributed by atoms with Crippen LogP contribution in [-0.2, 0) is 6.42 Å². The van der Waals surface area contributed by atoms with E-state index in [0.717, 1.165) is 36.1 Å². The third kappa shape index (κ3) is 5.51. The summed E-state index contributed by atoms with van der Waals surface area (Å²) in [6, 6.07) is 27.4. The molecule has 1 fully saturated rings. The fraction of sp³-hybridized carbons (Fsp3) is 0.231. The van der Waals surface area contributed by atoms with Gasteiger partial charge < -0.3 is 15.5 Å². The zero-order chi connectivity index (χ0) is 21.5. The van der Waals surface area contributed by atoms with Gasteiger partial charge in [0.15, 0.2) is 0 Å². The highest BCUT2D eigenvalue weighted by atomic mass is 16.2. The van der Waals surface area contributed by atoms with Crippen molar-refractivity contribution < 1.29 is 9.59 Å². The van der Waals surface area contributed by atoms with E-state index in [9.17, 15) is 9.59 Å². The minimum atomic E-state index is -0.0933. The number of carbonyl (C=O) groups excluding carboxylic acids is 2. The first-order valence-electron chi connectivity index (χ1n) is 10.7. The van der Waals surface area contributed by atoms with Crippen molar-refractivity contribution in [3.8, 4) is 0 Å². The summed E-state index contributed by atoms with van der Waals surface area (Å²) in [4.78, 5) is 27.2. The minimum Gasteiger partial charge on any atom is -0.349 e. The molecule has 1 heterocycles. The summed E-state index contributed by atoms with van der Waals surface area (Å²) in [6.45, 7) is 1.24. The molecule has 5 heteroatoms. The summed E-state index contributed by atoms with van der Waals surface area (Å²) in [6.07, 6.45) is 2.21. The van der Waals surface area contributed by atoms with Crippen LogP contribution in [-0.4, -0.2) is 36.0 Å². The van der Waals surface area contributed by atoms with Crippen LogP contribution in [0.25, 0.3) is 0 Å². The standard InChI is InChI=1S/C26H27N3O2/c30-25(24-14-8-7-11-21(24)19-20-9-3-1-4-10-20)27-23-15-17-29(18-16-23)26(31)28-22-12-5-2-6-13-22/h1-14,23H,15-19H2,(H,27,30)(H,28,31). The molecular weight excluding hydrogens is 386 g/mol. The van der Waals surface area contributed by atoms with Gasteiger partial charge >= 0.3 is 6.03 Å². The molecule has 5 nitrogen and oxygen atoms in total. The molecule has 1 saturated heterocycles. The van der Waals surface area contributed by atoms with Crippen molar-refractivity contribution >= 4 is 17.6 Å². The predicted molar refractivity (Wildman–Crippen MR) is 123 cm³/mol. The molecule has 3 aromatic rings. The molecule has 3 aromatic carbocycles. The zero-order valence-corrected chi connectivity index (χ0v) is 17.5. The van der Waals surface area contributed by atoms with E-state index in [0.29, 0.717) is 13.1 Å². The smallest absolute Gasteiger partial charge is 0.321 e. The molecule has 0 radical (unpaired) electrons. The highest BCUT2D eigenvalue weighted by Gasteiger charge is 2.24. The number of amides is 3. The monoisotopic (exact) mass is 413 g/mol. The molecule has 158 valence electrons. The van der Waals surface area contributed by atoms with Crippen molar-refractivity contribution in [1.82, 2.24) is 10.2 Å². The van der Waals surface area contributed by atoms with Gasteiger partial charge in [0, 0.05) is 30.4 Å². The maximum atomic E-state index is 13.0. The van der Waals surface area contributed by atoms with E-state index in [-0.39, 0.29) is 18.0 Å². The van der Waals surface area contributed by atoms with E-state index in [4.69, 9.17) is 0 Å². The summed E-state index contributed by atoms with van der Waals surface area (Å²) in [5, 5.41) is 6.10. The highest BCUT2D eigenvalue weighted by Crippen LogP contribution is 2.17. The average molecular weight is 414 g/mol. The minimum absolute atomic E-state index is 0.0429. The van der Waals surface area contributed by atoms with Crippen LogP contribution in [0.15, 0.2) is 84.9 Å². The van der Waals surface area contributed by atoms with Gasteiger partial charge in [0.25, 0.3) is 5.91 Å². The second-order valence-electron chi connectivity index (χ2n) is 7.85. The van der Waals surface area contributed by atoms with Crippen LogP contribution >= 0.6 is 0 Å². The summed E-state index contributed by atoms with van der Waals surface area (Å²) in [5.41, 5.74) is 3.71. The maximum absolute atomic E-state index is 13.0. The van der Waals surface area contributed by atoms with Gasteiger partial charge in [-0.05, 0) is 48.6 Å². The van der Waals surface area contributed by atoms with Gasteiger partial charge in [-0.15, -0.1) is 0 Å². The number of likely N-dealkylation sites (tertiary alicyclic amines) is 1. The van der Waals surface area contributed by atoms with E-state index in [1.807, 2.05) is 72.8 Å². The van der Waals surface area contributed by atoms with Gasteiger partial charge in [0.2, 0.25) is 0 Å². The molecule has 31 heavy (non-hydrogen) atoms. The first-order valence-corrected chi connectivity index (χ1v) is 10.7. The van der Waals surface area contributed by atoms with Gasteiger partial charge in [0.05, 0.1) is 0 Å². The Balaban J connectivity index is 1.32. The number of carbonyl (C=O) groups is 2. The number of para-hydroxylation sites is 1. The van der Waals surface area contributed by atoms with Crippen molar-refractivity contribution in [3.63, 3.8) is 0 Å². The van der Waals surface area contributed by atoms with Crippen LogP contribution in [0.3, 0.4) is 0 Å².